The Bertz CT molecular complexity index is 259. The zero-order valence-corrected chi connectivity index (χ0v) is 8.79. The molecule has 0 heterocycles. The van der Waals surface area contributed by atoms with Crippen molar-refractivity contribution in [3.63, 3.8) is 0 Å². The molecule has 3 unspecified atom stereocenters. The van der Waals surface area contributed by atoms with Crippen molar-refractivity contribution >= 4 is 5.97 Å². The van der Waals surface area contributed by atoms with Gasteiger partial charge in [-0.3, -0.25) is 0 Å². The Balaban J connectivity index is 1.95. The average Bonchev–Trinajstić information content (AvgIpc) is 2.71. The fourth-order valence-corrected chi connectivity index (χ4v) is 3.22. The van der Waals surface area contributed by atoms with E-state index in [-0.39, 0.29) is 5.97 Å². The van der Waals surface area contributed by atoms with Crippen LogP contribution < -0.4 is 0 Å². The van der Waals surface area contributed by atoms with Gasteiger partial charge in [0.05, 0.1) is 6.61 Å². The molecule has 2 fully saturated rings. The van der Waals surface area contributed by atoms with Gasteiger partial charge >= 0.3 is 5.97 Å². The third-order valence-corrected chi connectivity index (χ3v) is 4.15. The molecule has 0 spiro atoms. The zero-order valence-electron chi connectivity index (χ0n) is 8.79. The molecule has 3 atom stereocenters. The van der Waals surface area contributed by atoms with E-state index in [4.69, 9.17) is 4.74 Å². The fraction of sp³-hybridized carbons (Fsp3) is 0.750. The quantitative estimate of drug-likeness (QED) is 0.510. The van der Waals surface area contributed by atoms with Crippen molar-refractivity contribution < 1.29 is 9.53 Å². The number of hydrogen-bond donors (Lipinski definition) is 0. The second kappa shape index (κ2) is 3.41. The summed E-state index contributed by atoms with van der Waals surface area (Å²) in [5.41, 5.74) is 0.309. The first-order chi connectivity index (χ1) is 6.66. The lowest BCUT2D eigenvalue weighted by Crippen LogP contribution is -2.29. The molecule has 0 aromatic heterocycles. The molecule has 0 saturated heterocycles. The van der Waals surface area contributed by atoms with Crippen molar-refractivity contribution in [1.29, 1.82) is 0 Å². The largest absolute Gasteiger partial charge is 0.462 e. The van der Waals surface area contributed by atoms with Crippen molar-refractivity contribution in [2.24, 2.45) is 17.3 Å². The van der Waals surface area contributed by atoms with Gasteiger partial charge in [0.2, 0.25) is 0 Å². The number of fused-ring (bicyclic) bond motifs is 2. The summed E-state index contributed by atoms with van der Waals surface area (Å²) in [7, 11) is 0. The van der Waals surface area contributed by atoms with E-state index in [0.717, 1.165) is 11.8 Å². The number of rotatable bonds is 3. The number of ether oxygens (including phenoxy) is 1. The van der Waals surface area contributed by atoms with Crippen LogP contribution >= 0.6 is 0 Å². The van der Waals surface area contributed by atoms with Crippen LogP contribution in [-0.4, -0.2) is 12.6 Å². The maximum Gasteiger partial charge on any atom is 0.330 e. The summed E-state index contributed by atoms with van der Waals surface area (Å²) in [6.07, 6.45) is 6.41. The van der Waals surface area contributed by atoms with E-state index in [9.17, 15) is 4.79 Å². The highest BCUT2D eigenvalue weighted by Gasteiger charge is 2.50. The second-order valence-electron chi connectivity index (χ2n) is 4.92. The molecule has 2 saturated carbocycles. The lowest BCUT2D eigenvalue weighted by Gasteiger charge is -2.31. The lowest BCUT2D eigenvalue weighted by molar-refractivity contribution is -0.142. The van der Waals surface area contributed by atoms with E-state index in [0.29, 0.717) is 12.0 Å². The molecule has 2 bridgehead atoms. The van der Waals surface area contributed by atoms with E-state index in [1.54, 1.807) is 0 Å². The fourth-order valence-electron chi connectivity index (χ4n) is 3.22. The Morgan fingerprint density at radius 3 is 3.00 bits per heavy atom. The van der Waals surface area contributed by atoms with Gasteiger partial charge in [-0.25, -0.2) is 4.79 Å². The summed E-state index contributed by atoms with van der Waals surface area (Å²) >= 11 is 0. The molecular weight excluding hydrogens is 176 g/mol. The van der Waals surface area contributed by atoms with E-state index in [1.165, 1.54) is 31.8 Å². The normalized spacial score (nSPS) is 39.8. The van der Waals surface area contributed by atoms with Crippen LogP contribution in [-0.2, 0) is 9.53 Å². The minimum absolute atomic E-state index is 0.276. The minimum Gasteiger partial charge on any atom is -0.462 e. The maximum atomic E-state index is 11.0. The topological polar surface area (TPSA) is 26.3 Å². The first-order valence-electron chi connectivity index (χ1n) is 5.45. The van der Waals surface area contributed by atoms with Gasteiger partial charge in [0, 0.05) is 11.5 Å². The molecule has 0 aromatic rings. The van der Waals surface area contributed by atoms with E-state index in [1.807, 2.05) is 0 Å². The molecule has 0 aliphatic heterocycles. The average molecular weight is 194 g/mol. The van der Waals surface area contributed by atoms with Crippen LogP contribution in [0.15, 0.2) is 12.7 Å². The van der Waals surface area contributed by atoms with Crippen LogP contribution in [0.2, 0.25) is 0 Å². The van der Waals surface area contributed by atoms with Crippen molar-refractivity contribution in [2.45, 2.75) is 32.6 Å². The van der Waals surface area contributed by atoms with Gasteiger partial charge in [-0.15, -0.1) is 0 Å². The highest BCUT2D eigenvalue weighted by Crippen LogP contribution is 2.57. The summed E-state index contributed by atoms with van der Waals surface area (Å²) in [4.78, 5) is 11.0. The van der Waals surface area contributed by atoms with Gasteiger partial charge in [0.25, 0.3) is 0 Å². The smallest absolute Gasteiger partial charge is 0.330 e. The predicted molar refractivity (Wildman–Crippen MR) is 54.7 cm³/mol. The number of hydrogen-bond acceptors (Lipinski definition) is 2. The third kappa shape index (κ3) is 1.47. The summed E-state index contributed by atoms with van der Waals surface area (Å²) in [6.45, 7) is 6.31. The molecular formula is C12H18O2. The van der Waals surface area contributed by atoms with Crippen LogP contribution in [0.3, 0.4) is 0 Å². The van der Waals surface area contributed by atoms with Gasteiger partial charge in [-0.05, 0) is 37.5 Å². The maximum absolute atomic E-state index is 11.0. The van der Waals surface area contributed by atoms with Gasteiger partial charge in [-0.1, -0.05) is 13.5 Å². The highest BCUT2D eigenvalue weighted by molar-refractivity contribution is 5.81. The summed E-state index contributed by atoms with van der Waals surface area (Å²) in [6, 6.07) is 0. The van der Waals surface area contributed by atoms with Crippen LogP contribution in [0.1, 0.15) is 32.6 Å². The van der Waals surface area contributed by atoms with Gasteiger partial charge in [0.1, 0.15) is 0 Å². The van der Waals surface area contributed by atoms with Crippen molar-refractivity contribution in [1.82, 2.24) is 0 Å². The van der Waals surface area contributed by atoms with E-state index < -0.39 is 0 Å². The first-order valence-corrected chi connectivity index (χ1v) is 5.45. The Kier molecular flexibility index (Phi) is 2.38. The molecule has 2 aliphatic carbocycles. The second-order valence-corrected chi connectivity index (χ2v) is 4.92. The van der Waals surface area contributed by atoms with Gasteiger partial charge in [-0.2, -0.15) is 0 Å². The minimum atomic E-state index is -0.276. The molecule has 2 aliphatic rings. The number of carbonyl (C=O) groups excluding carboxylic acids is 1. The molecule has 0 radical (unpaired) electrons. The van der Waals surface area contributed by atoms with Crippen LogP contribution in [0.4, 0.5) is 0 Å². The molecule has 0 N–H and O–H groups in total. The van der Waals surface area contributed by atoms with E-state index >= 15 is 0 Å². The molecule has 2 nitrogen and oxygen atoms in total. The molecule has 2 heteroatoms. The Morgan fingerprint density at radius 1 is 1.71 bits per heavy atom. The molecule has 0 amide bonds. The van der Waals surface area contributed by atoms with Crippen molar-refractivity contribution in [3.05, 3.63) is 12.7 Å². The van der Waals surface area contributed by atoms with Gasteiger partial charge < -0.3 is 4.74 Å². The zero-order chi connectivity index (χ0) is 10.2. The highest BCUT2D eigenvalue weighted by atomic mass is 16.5. The lowest BCUT2D eigenvalue weighted by atomic mass is 9.77. The monoisotopic (exact) mass is 194 g/mol. The van der Waals surface area contributed by atoms with Crippen LogP contribution in [0.25, 0.3) is 0 Å². The SMILES string of the molecule is C=CC(=O)OCC12CCC(CC1C)C2. The first kappa shape index (κ1) is 9.75. The number of carbonyl (C=O) groups is 1. The summed E-state index contributed by atoms with van der Waals surface area (Å²) in [5, 5.41) is 0. The van der Waals surface area contributed by atoms with Gasteiger partial charge in [0.15, 0.2) is 0 Å². The molecule has 2 rings (SSSR count). The predicted octanol–water partition coefficient (Wildman–Crippen LogP) is 2.54. The Labute approximate surface area is 85.3 Å². The van der Waals surface area contributed by atoms with Crippen LogP contribution in [0.5, 0.6) is 0 Å². The van der Waals surface area contributed by atoms with Crippen molar-refractivity contribution in [2.75, 3.05) is 6.61 Å². The Morgan fingerprint density at radius 2 is 2.50 bits per heavy atom. The van der Waals surface area contributed by atoms with Crippen LogP contribution in [0, 0.1) is 17.3 Å². The van der Waals surface area contributed by atoms with E-state index in [2.05, 4.69) is 13.5 Å². The molecule has 14 heavy (non-hydrogen) atoms. The molecule has 0 aromatic carbocycles. The molecule has 78 valence electrons. The summed E-state index contributed by atoms with van der Waals surface area (Å²) in [5.74, 6) is 1.34. The standard InChI is InChI=1S/C12H18O2/c1-3-11(13)14-8-12-5-4-10(7-12)6-9(12)2/h3,9-10H,1,4-8H2,2H3. The third-order valence-electron chi connectivity index (χ3n) is 4.15. The Hall–Kier alpha value is -0.790. The number of esters is 1. The summed E-state index contributed by atoms with van der Waals surface area (Å²) < 4.78 is 5.21. The van der Waals surface area contributed by atoms with Crippen molar-refractivity contribution in [3.8, 4) is 0 Å².